The molecule has 0 atom stereocenters. The van der Waals surface area contributed by atoms with Crippen molar-refractivity contribution in [2.24, 2.45) is 17.6 Å². The Kier molecular flexibility index (Phi) is 5.54. The number of carbonyl (C=O) groups is 1. The molecule has 1 aliphatic carbocycles. The first-order chi connectivity index (χ1) is 10.1. The molecule has 1 aromatic rings. The van der Waals surface area contributed by atoms with Gasteiger partial charge in [0.15, 0.2) is 5.96 Å². The van der Waals surface area contributed by atoms with Crippen LogP contribution in [0.2, 0.25) is 0 Å². The molecule has 6 nitrogen and oxygen atoms in total. The van der Waals surface area contributed by atoms with Crippen molar-refractivity contribution in [1.29, 1.82) is 5.41 Å². The summed E-state index contributed by atoms with van der Waals surface area (Å²) in [5, 5.41) is 9.99. The number of guanidine groups is 1. The van der Waals surface area contributed by atoms with E-state index in [2.05, 4.69) is 10.3 Å². The van der Waals surface area contributed by atoms with Gasteiger partial charge in [-0.3, -0.25) is 15.2 Å². The van der Waals surface area contributed by atoms with E-state index in [1.165, 1.54) is 0 Å². The summed E-state index contributed by atoms with van der Waals surface area (Å²) >= 11 is 0. The monoisotopic (exact) mass is 290 g/mol. The largest absolute Gasteiger partial charge is 0.461 e. The second-order valence-electron chi connectivity index (χ2n) is 5.48. The second kappa shape index (κ2) is 7.61. The first-order valence-electron chi connectivity index (χ1n) is 7.28. The molecule has 0 aromatic carbocycles. The average molecular weight is 290 g/mol. The molecule has 0 aliphatic heterocycles. The topological polar surface area (TPSA) is 101 Å². The van der Waals surface area contributed by atoms with Gasteiger partial charge >= 0.3 is 5.97 Å². The Labute approximate surface area is 124 Å². The Balaban J connectivity index is 1.69. The van der Waals surface area contributed by atoms with Crippen molar-refractivity contribution in [3.05, 3.63) is 30.1 Å². The Morgan fingerprint density at radius 3 is 2.62 bits per heavy atom. The van der Waals surface area contributed by atoms with Gasteiger partial charge in [0.25, 0.3) is 0 Å². The van der Waals surface area contributed by atoms with Crippen LogP contribution >= 0.6 is 0 Å². The minimum Gasteiger partial charge on any atom is -0.461 e. The number of ether oxygens (including phenoxy) is 1. The summed E-state index contributed by atoms with van der Waals surface area (Å²) in [6.45, 7) is 1.03. The summed E-state index contributed by atoms with van der Waals surface area (Å²) in [5.74, 6) is 0.386. The summed E-state index contributed by atoms with van der Waals surface area (Å²) in [5.41, 5.74) is 6.23. The van der Waals surface area contributed by atoms with Crippen molar-refractivity contribution < 1.29 is 9.53 Å². The van der Waals surface area contributed by atoms with Crippen LogP contribution in [0.15, 0.2) is 24.5 Å². The van der Waals surface area contributed by atoms with Crippen molar-refractivity contribution in [1.82, 2.24) is 10.3 Å². The number of pyridine rings is 1. The Morgan fingerprint density at radius 1 is 1.33 bits per heavy atom. The Morgan fingerprint density at radius 2 is 2.00 bits per heavy atom. The van der Waals surface area contributed by atoms with Gasteiger partial charge in [0, 0.05) is 18.9 Å². The van der Waals surface area contributed by atoms with E-state index >= 15 is 0 Å². The van der Waals surface area contributed by atoms with Crippen LogP contribution in [0.25, 0.3) is 0 Å². The maximum Gasteiger partial charge on any atom is 0.309 e. The molecular weight excluding hydrogens is 268 g/mol. The van der Waals surface area contributed by atoms with Gasteiger partial charge in [-0.1, -0.05) is 0 Å². The number of nitrogens with zero attached hydrogens (tertiary/aromatic N) is 1. The lowest BCUT2D eigenvalue weighted by atomic mass is 9.82. The zero-order valence-corrected chi connectivity index (χ0v) is 12.0. The van der Waals surface area contributed by atoms with Gasteiger partial charge in [-0.2, -0.15) is 0 Å². The van der Waals surface area contributed by atoms with Gasteiger partial charge in [-0.05, 0) is 49.3 Å². The number of carbonyl (C=O) groups excluding carboxylic acids is 1. The lowest BCUT2D eigenvalue weighted by molar-refractivity contribution is -0.151. The maximum atomic E-state index is 12.0. The van der Waals surface area contributed by atoms with E-state index < -0.39 is 0 Å². The van der Waals surface area contributed by atoms with E-state index in [-0.39, 0.29) is 17.8 Å². The highest BCUT2D eigenvalue weighted by Gasteiger charge is 2.27. The SMILES string of the molecule is N=C(N)NC[C@H]1CC[C@H](C(=O)OCc2ccncc2)CC1. The molecule has 114 valence electrons. The highest BCUT2D eigenvalue weighted by molar-refractivity contribution is 5.74. The van der Waals surface area contributed by atoms with Crippen LogP contribution in [-0.4, -0.2) is 23.5 Å². The third-order valence-electron chi connectivity index (χ3n) is 3.89. The number of esters is 1. The predicted octanol–water partition coefficient (Wildman–Crippen LogP) is 1.41. The summed E-state index contributed by atoms with van der Waals surface area (Å²) in [6, 6.07) is 3.69. The molecule has 0 amide bonds. The molecule has 21 heavy (non-hydrogen) atoms. The van der Waals surface area contributed by atoms with E-state index in [1.54, 1.807) is 12.4 Å². The normalized spacial score (nSPS) is 21.5. The number of rotatable bonds is 5. The van der Waals surface area contributed by atoms with Crippen molar-refractivity contribution in [3.8, 4) is 0 Å². The zero-order chi connectivity index (χ0) is 15.1. The van der Waals surface area contributed by atoms with Crippen LogP contribution in [0, 0.1) is 17.2 Å². The molecule has 0 radical (unpaired) electrons. The van der Waals surface area contributed by atoms with Crippen LogP contribution in [-0.2, 0) is 16.1 Å². The first kappa shape index (κ1) is 15.3. The van der Waals surface area contributed by atoms with Gasteiger partial charge in [-0.25, -0.2) is 0 Å². The number of nitrogens with one attached hydrogen (secondary N) is 2. The molecule has 4 N–H and O–H groups in total. The van der Waals surface area contributed by atoms with E-state index in [9.17, 15) is 4.79 Å². The fourth-order valence-corrected chi connectivity index (χ4v) is 2.61. The van der Waals surface area contributed by atoms with Crippen molar-refractivity contribution >= 4 is 11.9 Å². The number of hydrogen-bond acceptors (Lipinski definition) is 4. The smallest absolute Gasteiger partial charge is 0.309 e. The third kappa shape index (κ3) is 5.06. The summed E-state index contributed by atoms with van der Waals surface area (Å²) in [4.78, 5) is 16.0. The Bertz CT molecular complexity index is 470. The average Bonchev–Trinajstić information content (AvgIpc) is 2.52. The zero-order valence-electron chi connectivity index (χ0n) is 12.0. The fraction of sp³-hybridized carbons (Fsp3) is 0.533. The Hall–Kier alpha value is -2.11. The number of hydrogen-bond donors (Lipinski definition) is 3. The third-order valence-corrected chi connectivity index (χ3v) is 3.89. The number of aromatic nitrogens is 1. The number of nitrogens with two attached hydrogens (primary N) is 1. The summed E-state index contributed by atoms with van der Waals surface area (Å²) in [7, 11) is 0. The highest BCUT2D eigenvalue weighted by atomic mass is 16.5. The van der Waals surface area contributed by atoms with E-state index in [4.69, 9.17) is 15.9 Å². The van der Waals surface area contributed by atoms with Crippen molar-refractivity contribution in [2.75, 3.05) is 6.54 Å². The van der Waals surface area contributed by atoms with Gasteiger partial charge in [-0.15, -0.1) is 0 Å². The maximum absolute atomic E-state index is 12.0. The molecule has 1 fully saturated rings. The first-order valence-corrected chi connectivity index (χ1v) is 7.28. The van der Waals surface area contributed by atoms with E-state index in [0.29, 0.717) is 19.1 Å². The molecule has 2 rings (SSSR count). The molecule has 0 bridgehead atoms. The van der Waals surface area contributed by atoms with Crippen LogP contribution in [0.4, 0.5) is 0 Å². The molecule has 0 saturated heterocycles. The van der Waals surface area contributed by atoms with Crippen LogP contribution in [0.1, 0.15) is 31.2 Å². The standard InChI is InChI=1S/C15H22N4O2/c16-15(17)19-9-11-1-3-13(4-2-11)14(20)21-10-12-5-7-18-8-6-12/h5-8,11,13H,1-4,9-10H2,(H4,16,17,19)/t11-,13-. The van der Waals surface area contributed by atoms with Gasteiger partial charge in [0.2, 0.25) is 0 Å². The molecule has 0 spiro atoms. The van der Waals surface area contributed by atoms with Crippen LogP contribution in [0.3, 0.4) is 0 Å². The molecule has 1 saturated carbocycles. The summed E-state index contributed by atoms with van der Waals surface area (Å²) < 4.78 is 5.36. The minimum atomic E-state index is -0.107. The van der Waals surface area contributed by atoms with Crippen molar-refractivity contribution in [3.63, 3.8) is 0 Å². The molecule has 1 aliphatic rings. The molecule has 6 heteroatoms. The lowest BCUT2D eigenvalue weighted by Gasteiger charge is -2.27. The minimum absolute atomic E-state index is 0.000385. The van der Waals surface area contributed by atoms with Crippen molar-refractivity contribution in [2.45, 2.75) is 32.3 Å². The quantitative estimate of drug-likeness (QED) is 0.432. The molecular formula is C15H22N4O2. The molecule has 1 aromatic heterocycles. The van der Waals surface area contributed by atoms with Crippen LogP contribution in [0.5, 0.6) is 0 Å². The second-order valence-corrected chi connectivity index (χ2v) is 5.48. The summed E-state index contributed by atoms with van der Waals surface area (Å²) in [6.07, 6.45) is 7.01. The highest BCUT2D eigenvalue weighted by Crippen LogP contribution is 2.29. The molecule has 1 heterocycles. The van der Waals surface area contributed by atoms with Gasteiger partial charge in [0.05, 0.1) is 5.92 Å². The fourth-order valence-electron chi connectivity index (χ4n) is 2.61. The lowest BCUT2D eigenvalue weighted by Crippen LogP contribution is -2.36. The predicted molar refractivity (Wildman–Crippen MR) is 79.4 cm³/mol. The molecule has 0 unspecified atom stereocenters. The van der Waals surface area contributed by atoms with E-state index in [0.717, 1.165) is 31.2 Å². The van der Waals surface area contributed by atoms with Gasteiger partial charge in [0.1, 0.15) is 6.61 Å². The van der Waals surface area contributed by atoms with Gasteiger partial charge < -0.3 is 15.8 Å². The van der Waals surface area contributed by atoms with Crippen LogP contribution < -0.4 is 11.1 Å². The van der Waals surface area contributed by atoms with E-state index in [1.807, 2.05) is 12.1 Å².